The largest absolute Gasteiger partial charge is 0.463 e. The van der Waals surface area contributed by atoms with Gasteiger partial charge in [0.1, 0.15) is 5.76 Å². The molecule has 0 aliphatic rings. The first kappa shape index (κ1) is 11.8. The lowest BCUT2D eigenvalue weighted by molar-refractivity contribution is 0.0562. The van der Waals surface area contributed by atoms with E-state index in [1.54, 1.807) is 12.1 Å². The fourth-order valence-electron chi connectivity index (χ4n) is 1.26. The Labute approximate surface area is 89.6 Å². The molecule has 0 bridgehead atoms. The van der Waals surface area contributed by atoms with E-state index < -0.39 is 5.97 Å². The minimum atomic E-state index is -0.441. The first-order valence-electron chi connectivity index (χ1n) is 5.10. The molecule has 4 nitrogen and oxygen atoms in total. The van der Waals surface area contributed by atoms with Crippen LogP contribution in [0.2, 0.25) is 0 Å². The molecule has 1 unspecified atom stereocenters. The van der Waals surface area contributed by atoms with E-state index >= 15 is 0 Å². The summed E-state index contributed by atoms with van der Waals surface area (Å²) in [7, 11) is 1.34. The minimum Gasteiger partial charge on any atom is -0.463 e. The predicted molar refractivity (Wildman–Crippen MR) is 56.8 cm³/mol. The van der Waals surface area contributed by atoms with Gasteiger partial charge < -0.3 is 14.5 Å². The molecule has 1 heterocycles. The summed E-state index contributed by atoms with van der Waals surface area (Å²) >= 11 is 0. The van der Waals surface area contributed by atoms with Crippen LogP contribution in [0.3, 0.4) is 0 Å². The second-order valence-corrected chi connectivity index (χ2v) is 3.37. The van der Waals surface area contributed by atoms with Gasteiger partial charge in [0.2, 0.25) is 5.76 Å². The van der Waals surface area contributed by atoms with Crippen LogP contribution in [0.5, 0.6) is 0 Å². The van der Waals surface area contributed by atoms with Gasteiger partial charge in [-0.05, 0) is 32.0 Å². The summed E-state index contributed by atoms with van der Waals surface area (Å²) < 4.78 is 9.92. The molecule has 0 saturated carbocycles. The SMILES string of the molecule is CCCNC(C)c1ccc(C(=O)OC)o1. The molecule has 0 spiro atoms. The first-order chi connectivity index (χ1) is 7.19. The van der Waals surface area contributed by atoms with E-state index in [0.717, 1.165) is 18.7 Å². The van der Waals surface area contributed by atoms with Crippen molar-refractivity contribution in [3.8, 4) is 0 Å². The van der Waals surface area contributed by atoms with Crippen LogP contribution in [0.1, 0.15) is 42.6 Å². The molecular weight excluding hydrogens is 194 g/mol. The van der Waals surface area contributed by atoms with Crippen molar-refractivity contribution >= 4 is 5.97 Å². The zero-order valence-corrected chi connectivity index (χ0v) is 9.37. The Bertz CT molecular complexity index is 319. The number of methoxy groups -OCH3 is 1. The van der Waals surface area contributed by atoms with Crippen molar-refractivity contribution in [2.45, 2.75) is 26.3 Å². The van der Waals surface area contributed by atoms with Gasteiger partial charge in [0, 0.05) is 0 Å². The zero-order valence-electron chi connectivity index (χ0n) is 9.37. The maximum Gasteiger partial charge on any atom is 0.373 e. The Morgan fingerprint density at radius 1 is 1.60 bits per heavy atom. The summed E-state index contributed by atoms with van der Waals surface area (Å²) in [6, 6.07) is 3.54. The number of hydrogen-bond acceptors (Lipinski definition) is 4. The maximum absolute atomic E-state index is 11.1. The van der Waals surface area contributed by atoms with Crippen molar-refractivity contribution in [1.29, 1.82) is 0 Å². The van der Waals surface area contributed by atoms with Crippen LogP contribution in [0, 0.1) is 0 Å². The number of esters is 1. The molecule has 0 amide bonds. The number of carbonyl (C=O) groups excluding carboxylic acids is 1. The Hall–Kier alpha value is -1.29. The number of nitrogens with one attached hydrogen (secondary N) is 1. The summed E-state index contributed by atoms with van der Waals surface area (Å²) in [6.45, 7) is 5.02. The Morgan fingerprint density at radius 3 is 2.93 bits per heavy atom. The molecule has 0 aromatic carbocycles. The lowest BCUT2D eigenvalue weighted by Crippen LogP contribution is -2.18. The van der Waals surface area contributed by atoms with Crippen molar-refractivity contribution < 1.29 is 13.9 Å². The normalized spacial score (nSPS) is 12.5. The highest BCUT2D eigenvalue weighted by Gasteiger charge is 2.14. The van der Waals surface area contributed by atoms with Crippen LogP contribution in [0.4, 0.5) is 0 Å². The molecule has 0 saturated heterocycles. The highest BCUT2D eigenvalue weighted by Crippen LogP contribution is 2.16. The third-order valence-electron chi connectivity index (χ3n) is 2.14. The molecule has 0 fully saturated rings. The van der Waals surface area contributed by atoms with Crippen LogP contribution in [0.25, 0.3) is 0 Å². The Kier molecular flexibility index (Phi) is 4.37. The van der Waals surface area contributed by atoms with E-state index in [9.17, 15) is 4.79 Å². The maximum atomic E-state index is 11.1. The van der Waals surface area contributed by atoms with Crippen molar-refractivity contribution in [3.63, 3.8) is 0 Å². The molecule has 0 radical (unpaired) electrons. The molecule has 84 valence electrons. The second-order valence-electron chi connectivity index (χ2n) is 3.37. The summed E-state index contributed by atoms with van der Waals surface area (Å²) in [6.07, 6.45) is 1.06. The third-order valence-corrected chi connectivity index (χ3v) is 2.14. The van der Waals surface area contributed by atoms with Gasteiger partial charge in [-0.3, -0.25) is 0 Å². The van der Waals surface area contributed by atoms with Gasteiger partial charge in [-0.1, -0.05) is 6.92 Å². The third kappa shape index (κ3) is 3.09. The van der Waals surface area contributed by atoms with Crippen LogP contribution in [0.15, 0.2) is 16.5 Å². The van der Waals surface area contributed by atoms with Crippen molar-refractivity contribution in [1.82, 2.24) is 5.32 Å². The lowest BCUT2D eigenvalue weighted by atomic mass is 10.2. The van der Waals surface area contributed by atoms with E-state index in [4.69, 9.17) is 4.42 Å². The molecule has 0 aliphatic carbocycles. The van der Waals surface area contributed by atoms with Crippen molar-refractivity contribution in [2.75, 3.05) is 13.7 Å². The fraction of sp³-hybridized carbons (Fsp3) is 0.545. The second kappa shape index (κ2) is 5.56. The number of rotatable bonds is 5. The molecule has 1 aromatic heterocycles. The Balaban J connectivity index is 2.62. The molecular formula is C11H17NO3. The summed E-state index contributed by atoms with van der Waals surface area (Å²) in [5.74, 6) is 0.561. The average Bonchev–Trinajstić information content (AvgIpc) is 2.74. The summed E-state index contributed by atoms with van der Waals surface area (Å²) in [4.78, 5) is 11.1. The summed E-state index contributed by atoms with van der Waals surface area (Å²) in [5.41, 5.74) is 0. The van der Waals surface area contributed by atoms with Gasteiger partial charge in [-0.25, -0.2) is 4.79 Å². The van der Waals surface area contributed by atoms with Crippen LogP contribution in [-0.2, 0) is 4.74 Å². The fourth-order valence-corrected chi connectivity index (χ4v) is 1.26. The van der Waals surface area contributed by atoms with Crippen LogP contribution in [-0.4, -0.2) is 19.6 Å². The van der Waals surface area contributed by atoms with Crippen molar-refractivity contribution in [3.05, 3.63) is 23.7 Å². The molecule has 1 N–H and O–H groups in total. The first-order valence-corrected chi connectivity index (χ1v) is 5.10. The van der Waals surface area contributed by atoms with E-state index in [2.05, 4.69) is 17.0 Å². The van der Waals surface area contributed by atoms with Gasteiger partial charge in [-0.15, -0.1) is 0 Å². The number of furan rings is 1. The van der Waals surface area contributed by atoms with Gasteiger partial charge in [-0.2, -0.15) is 0 Å². The number of hydrogen-bond donors (Lipinski definition) is 1. The Morgan fingerprint density at radius 2 is 2.33 bits per heavy atom. The smallest absolute Gasteiger partial charge is 0.373 e. The van der Waals surface area contributed by atoms with Gasteiger partial charge in [0.25, 0.3) is 0 Å². The van der Waals surface area contributed by atoms with Gasteiger partial charge in [0.15, 0.2) is 0 Å². The van der Waals surface area contributed by atoms with Crippen molar-refractivity contribution in [2.24, 2.45) is 0 Å². The van der Waals surface area contributed by atoms with E-state index in [1.165, 1.54) is 7.11 Å². The monoisotopic (exact) mass is 211 g/mol. The van der Waals surface area contributed by atoms with Crippen LogP contribution >= 0.6 is 0 Å². The highest BCUT2D eigenvalue weighted by atomic mass is 16.5. The van der Waals surface area contributed by atoms with Gasteiger partial charge >= 0.3 is 5.97 Å². The van der Waals surface area contributed by atoms with E-state index in [1.807, 2.05) is 6.92 Å². The summed E-state index contributed by atoms with van der Waals surface area (Å²) in [5, 5.41) is 3.27. The van der Waals surface area contributed by atoms with E-state index in [0.29, 0.717) is 0 Å². The molecule has 1 rings (SSSR count). The zero-order chi connectivity index (χ0) is 11.3. The molecule has 4 heteroatoms. The lowest BCUT2D eigenvalue weighted by Gasteiger charge is -2.09. The number of carbonyl (C=O) groups is 1. The highest BCUT2D eigenvalue weighted by molar-refractivity contribution is 5.86. The minimum absolute atomic E-state index is 0.114. The quantitative estimate of drug-likeness (QED) is 0.758. The average molecular weight is 211 g/mol. The predicted octanol–water partition coefficient (Wildman–Crippen LogP) is 2.13. The molecule has 1 aromatic rings. The molecule has 1 atom stereocenters. The van der Waals surface area contributed by atoms with Gasteiger partial charge in [0.05, 0.1) is 13.2 Å². The topological polar surface area (TPSA) is 51.5 Å². The van der Waals surface area contributed by atoms with E-state index in [-0.39, 0.29) is 11.8 Å². The van der Waals surface area contributed by atoms with Crippen LogP contribution < -0.4 is 5.32 Å². The molecule has 15 heavy (non-hydrogen) atoms. The standard InChI is InChI=1S/C11H17NO3/c1-4-7-12-8(2)9-5-6-10(15-9)11(13)14-3/h5-6,8,12H,4,7H2,1-3H3. The molecule has 0 aliphatic heterocycles. The number of ether oxygens (including phenoxy) is 1.